The van der Waals surface area contributed by atoms with Crippen LogP contribution >= 0.6 is 0 Å². The van der Waals surface area contributed by atoms with Gasteiger partial charge in [-0.2, -0.15) is 0 Å². The molecule has 126 valence electrons. The molecule has 0 fully saturated rings. The summed E-state index contributed by atoms with van der Waals surface area (Å²) >= 11 is 0. The second-order valence-electron chi connectivity index (χ2n) is 7.09. The van der Waals surface area contributed by atoms with Crippen molar-refractivity contribution >= 4 is 23.8 Å². The van der Waals surface area contributed by atoms with Crippen LogP contribution in [0.1, 0.15) is 51.4 Å². The van der Waals surface area contributed by atoms with Crippen LogP contribution in [0.4, 0.5) is 0 Å². The Balaban J connectivity index is 3.31. The molecule has 0 aromatic rings. The molecule has 0 aromatic heterocycles. The van der Waals surface area contributed by atoms with E-state index in [4.69, 9.17) is 4.12 Å². The zero-order valence-corrected chi connectivity index (χ0v) is 17.1. The molecule has 0 radical (unpaired) electrons. The van der Waals surface area contributed by atoms with E-state index in [2.05, 4.69) is 26.2 Å². The molecular formula is C16H37NO2Si2. The van der Waals surface area contributed by atoms with E-state index in [1.807, 2.05) is 7.05 Å². The van der Waals surface area contributed by atoms with Crippen LogP contribution in [0.25, 0.3) is 0 Å². The topological polar surface area (TPSA) is 29.5 Å². The van der Waals surface area contributed by atoms with Crippen molar-refractivity contribution in [3.8, 4) is 0 Å². The lowest BCUT2D eigenvalue weighted by Gasteiger charge is -2.25. The molecule has 0 rings (SSSR count). The van der Waals surface area contributed by atoms with E-state index in [-0.39, 0.29) is 0 Å². The number of carbonyl (C=O) groups excluding carboxylic acids is 1. The number of nitrogens with zero attached hydrogens (tertiary/aromatic N) is 1. The Labute approximate surface area is 135 Å². The second-order valence-corrected chi connectivity index (χ2v) is 14.2. The Kier molecular flexibility index (Phi) is 12.3. The van der Waals surface area contributed by atoms with Gasteiger partial charge >= 0.3 is 0 Å². The number of hydrogen-bond donors (Lipinski definition) is 0. The molecule has 0 heterocycles. The van der Waals surface area contributed by atoms with Gasteiger partial charge in [0.25, 0.3) is 0 Å². The molecule has 0 saturated carbocycles. The number of carbonyl (C=O) groups is 1. The number of amides is 1. The molecule has 0 N–H and O–H groups in total. The number of unbranched alkanes of at least 4 members (excludes halogenated alkanes) is 7. The highest BCUT2D eigenvalue weighted by Crippen LogP contribution is 2.18. The van der Waals surface area contributed by atoms with Crippen molar-refractivity contribution in [3.05, 3.63) is 0 Å². The fourth-order valence-corrected chi connectivity index (χ4v) is 9.40. The first-order chi connectivity index (χ1) is 9.87. The Morgan fingerprint density at radius 2 is 1.43 bits per heavy atom. The minimum absolute atomic E-state index is 0.850. The summed E-state index contributed by atoms with van der Waals surface area (Å²) in [7, 11) is -0.338. The highest BCUT2D eigenvalue weighted by atomic mass is 28.4. The van der Waals surface area contributed by atoms with Gasteiger partial charge in [-0.1, -0.05) is 44.9 Å². The van der Waals surface area contributed by atoms with Gasteiger partial charge in [-0.15, -0.1) is 0 Å². The predicted octanol–water partition coefficient (Wildman–Crippen LogP) is 4.40. The fourth-order valence-electron chi connectivity index (χ4n) is 2.72. The average Bonchev–Trinajstić information content (AvgIpc) is 2.38. The maximum absolute atomic E-state index is 10.4. The highest BCUT2D eigenvalue weighted by molar-refractivity contribution is 6.77. The molecule has 1 amide bonds. The molecule has 0 aliphatic carbocycles. The summed E-state index contributed by atoms with van der Waals surface area (Å²) in [5, 5.41) is 0. The quantitative estimate of drug-likeness (QED) is 0.268. The summed E-state index contributed by atoms with van der Waals surface area (Å²) in [4.78, 5) is 12.2. The summed E-state index contributed by atoms with van der Waals surface area (Å²) in [6.07, 6.45) is 11.4. The van der Waals surface area contributed by atoms with Crippen molar-refractivity contribution in [2.75, 3.05) is 13.6 Å². The first-order valence-corrected chi connectivity index (χ1v) is 14.6. The number of rotatable bonds is 14. The third-order valence-electron chi connectivity index (χ3n) is 3.77. The van der Waals surface area contributed by atoms with Gasteiger partial charge in [-0.25, -0.2) is 0 Å². The van der Waals surface area contributed by atoms with E-state index in [0.29, 0.717) is 0 Å². The van der Waals surface area contributed by atoms with Crippen LogP contribution in [-0.2, 0) is 8.91 Å². The van der Waals surface area contributed by atoms with E-state index >= 15 is 0 Å². The molecule has 0 aromatic carbocycles. The van der Waals surface area contributed by atoms with Crippen LogP contribution in [0.5, 0.6) is 0 Å². The zero-order chi connectivity index (χ0) is 16.1. The highest BCUT2D eigenvalue weighted by Gasteiger charge is 2.22. The van der Waals surface area contributed by atoms with E-state index in [1.54, 1.807) is 4.90 Å². The minimum Gasteiger partial charge on any atom is -0.458 e. The molecule has 21 heavy (non-hydrogen) atoms. The van der Waals surface area contributed by atoms with Gasteiger partial charge in [-0.05, 0) is 38.7 Å². The first-order valence-electron chi connectivity index (χ1n) is 8.71. The van der Waals surface area contributed by atoms with Crippen molar-refractivity contribution < 1.29 is 8.91 Å². The van der Waals surface area contributed by atoms with E-state index in [0.717, 1.165) is 19.4 Å². The lowest BCUT2D eigenvalue weighted by atomic mass is 10.1. The monoisotopic (exact) mass is 331 g/mol. The molecule has 0 aliphatic heterocycles. The molecule has 3 nitrogen and oxygen atoms in total. The molecule has 0 bridgehead atoms. The Morgan fingerprint density at radius 3 is 1.90 bits per heavy atom. The van der Waals surface area contributed by atoms with Gasteiger partial charge in [0.2, 0.25) is 6.41 Å². The van der Waals surface area contributed by atoms with E-state index < -0.39 is 17.4 Å². The molecular weight excluding hydrogens is 294 g/mol. The fraction of sp³-hybridized carbons (Fsp3) is 0.938. The molecule has 0 aliphatic rings. The lowest BCUT2D eigenvalue weighted by Crippen LogP contribution is -2.34. The lowest BCUT2D eigenvalue weighted by molar-refractivity contribution is -0.117. The standard InChI is InChI=1S/C16H37NO2Si2/c1-17(16-18)14-12-10-8-6-7-9-11-13-15-21(4,5)19-20(2)3/h16,20H,6-15H2,1-5H3. The maximum Gasteiger partial charge on any atom is 0.209 e. The summed E-state index contributed by atoms with van der Waals surface area (Å²) in [5.74, 6) is 0. The van der Waals surface area contributed by atoms with Crippen molar-refractivity contribution in [1.82, 2.24) is 4.90 Å². The average molecular weight is 332 g/mol. The van der Waals surface area contributed by atoms with Crippen LogP contribution in [0.15, 0.2) is 0 Å². The summed E-state index contributed by atoms with van der Waals surface area (Å²) in [5.41, 5.74) is 0. The smallest absolute Gasteiger partial charge is 0.209 e. The van der Waals surface area contributed by atoms with Crippen LogP contribution in [-0.4, -0.2) is 42.3 Å². The van der Waals surface area contributed by atoms with Gasteiger partial charge in [-0.3, -0.25) is 4.79 Å². The van der Waals surface area contributed by atoms with E-state index in [9.17, 15) is 4.79 Å². The zero-order valence-electron chi connectivity index (χ0n) is 15.0. The molecule has 5 heteroatoms. The Hall–Kier alpha value is -0.136. The van der Waals surface area contributed by atoms with Crippen LogP contribution in [0.2, 0.25) is 32.2 Å². The maximum atomic E-state index is 10.4. The van der Waals surface area contributed by atoms with E-state index in [1.165, 1.54) is 51.0 Å². The largest absolute Gasteiger partial charge is 0.458 e. The van der Waals surface area contributed by atoms with Crippen LogP contribution < -0.4 is 0 Å². The van der Waals surface area contributed by atoms with Crippen molar-refractivity contribution in [1.29, 1.82) is 0 Å². The Bertz CT molecular complexity index is 261. The second kappa shape index (κ2) is 12.4. The molecule has 0 atom stereocenters. The van der Waals surface area contributed by atoms with Gasteiger partial charge < -0.3 is 9.02 Å². The summed E-state index contributed by atoms with van der Waals surface area (Å²) in [6.45, 7) is 10.2. The molecule has 0 saturated heterocycles. The Morgan fingerprint density at radius 1 is 0.952 bits per heavy atom. The molecule has 0 spiro atoms. The predicted molar refractivity (Wildman–Crippen MR) is 97.9 cm³/mol. The number of hydrogen-bond acceptors (Lipinski definition) is 2. The first kappa shape index (κ1) is 20.9. The summed E-state index contributed by atoms with van der Waals surface area (Å²) in [6, 6.07) is 1.33. The van der Waals surface area contributed by atoms with Crippen molar-refractivity contribution in [2.24, 2.45) is 0 Å². The van der Waals surface area contributed by atoms with Crippen LogP contribution in [0, 0.1) is 0 Å². The SMILES string of the molecule is CN(C=O)CCCCCCCCCC[Si](C)(C)O[SiH](C)C. The summed E-state index contributed by atoms with van der Waals surface area (Å²) < 4.78 is 6.19. The van der Waals surface area contributed by atoms with Crippen molar-refractivity contribution in [3.63, 3.8) is 0 Å². The third-order valence-corrected chi connectivity index (χ3v) is 9.77. The van der Waals surface area contributed by atoms with Gasteiger partial charge in [0.15, 0.2) is 17.4 Å². The minimum atomic E-state index is -1.34. The molecule has 0 unspecified atom stereocenters. The van der Waals surface area contributed by atoms with Crippen LogP contribution in [0.3, 0.4) is 0 Å². The van der Waals surface area contributed by atoms with Gasteiger partial charge in [0.1, 0.15) is 0 Å². The van der Waals surface area contributed by atoms with Gasteiger partial charge in [0, 0.05) is 13.6 Å². The van der Waals surface area contributed by atoms with Crippen molar-refractivity contribution in [2.45, 2.75) is 83.6 Å². The normalized spacial score (nSPS) is 11.9. The van der Waals surface area contributed by atoms with Gasteiger partial charge in [0.05, 0.1) is 0 Å². The third kappa shape index (κ3) is 14.6.